The average molecular weight is 319 g/mol. The Kier molecular flexibility index (Phi) is 4.92. The molecule has 0 aliphatic carbocycles. The van der Waals surface area contributed by atoms with Gasteiger partial charge in [-0.1, -0.05) is 6.07 Å². The molecule has 9 heteroatoms. The number of aromatic nitrogens is 1. The molecule has 1 aromatic heterocycles. The largest absolute Gasteiger partial charge is 0.451 e. The number of nitro groups is 1. The van der Waals surface area contributed by atoms with Crippen molar-refractivity contribution in [2.24, 2.45) is 0 Å². The number of nitrogens with zero attached hydrogens (tertiary/aromatic N) is 2. The summed E-state index contributed by atoms with van der Waals surface area (Å²) in [5.74, 6) is -2.51. The second-order valence-corrected chi connectivity index (χ2v) is 4.26. The average Bonchev–Trinajstić information content (AvgIpc) is 2.55. The van der Waals surface area contributed by atoms with Crippen LogP contribution in [0.1, 0.15) is 10.5 Å². The fraction of sp³-hybridized carbons (Fsp3) is 0.0714. The smallest absolute Gasteiger partial charge is 0.357 e. The van der Waals surface area contributed by atoms with E-state index in [0.29, 0.717) is 0 Å². The van der Waals surface area contributed by atoms with Crippen molar-refractivity contribution in [3.05, 3.63) is 64.2 Å². The number of non-ortho nitro benzene ring substituents is 1. The number of rotatable bonds is 5. The molecule has 2 rings (SSSR count). The number of ether oxygens (including phenoxy) is 1. The molecule has 0 radical (unpaired) electrons. The molecule has 23 heavy (non-hydrogen) atoms. The van der Waals surface area contributed by atoms with Gasteiger partial charge in [-0.25, -0.2) is 14.2 Å². The van der Waals surface area contributed by atoms with Crippen molar-refractivity contribution in [1.82, 2.24) is 4.98 Å². The van der Waals surface area contributed by atoms with Gasteiger partial charge in [0.1, 0.15) is 11.5 Å². The van der Waals surface area contributed by atoms with Crippen molar-refractivity contribution in [3.8, 4) is 0 Å². The van der Waals surface area contributed by atoms with Crippen molar-refractivity contribution in [1.29, 1.82) is 0 Å². The van der Waals surface area contributed by atoms with Crippen LogP contribution in [-0.2, 0) is 9.53 Å². The number of esters is 1. The lowest BCUT2D eigenvalue weighted by Crippen LogP contribution is -2.21. The second-order valence-electron chi connectivity index (χ2n) is 4.26. The number of carbonyl (C=O) groups is 2. The Morgan fingerprint density at radius 2 is 2.09 bits per heavy atom. The zero-order chi connectivity index (χ0) is 16.8. The summed E-state index contributed by atoms with van der Waals surface area (Å²) in [7, 11) is 0. The van der Waals surface area contributed by atoms with Gasteiger partial charge < -0.3 is 10.1 Å². The van der Waals surface area contributed by atoms with Gasteiger partial charge in [-0.3, -0.25) is 14.9 Å². The van der Waals surface area contributed by atoms with Gasteiger partial charge in [0.15, 0.2) is 6.61 Å². The molecule has 0 saturated heterocycles. The van der Waals surface area contributed by atoms with Crippen LogP contribution in [0.25, 0.3) is 0 Å². The number of hydrogen-bond acceptors (Lipinski definition) is 6. The number of pyridine rings is 1. The number of halogens is 1. The van der Waals surface area contributed by atoms with Crippen LogP contribution < -0.4 is 5.32 Å². The van der Waals surface area contributed by atoms with Gasteiger partial charge in [-0.15, -0.1) is 0 Å². The number of nitrogens with one attached hydrogen (secondary N) is 1. The molecule has 1 N–H and O–H groups in total. The number of nitro benzene ring substituents is 1. The Balaban J connectivity index is 1.96. The van der Waals surface area contributed by atoms with Crippen molar-refractivity contribution in [3.63, 3.8) is 0 Å². The van der Waals surface area contributed by atoms with E-state index in [2.05, 4.69) is 10.3 Å². The minimum atomic E-state index is -0.847. The summed E-state index contributed by atoms with van der Waals surface area (Å²) in [4.78, 5) is 36.9. The molecule has 0 aliphatic heterocycles. The van der Waals surface area contributed by atoms with Crippen LogP contribution in [0, 0.1) is 15.9 Å². The molecule has 8 nitrogen and oxygen atoms in total. The Morgan fingerprint density at radius 1 is 1.30 bits per heavy atom. The first-order valence-corrected chi connectivity index (χ1v) is 6.29. The SMILES string of the molecule is O=C(COC(=O)c1ccccn1)Nc1cc([N+](=O)[O-])ccc1F. The van der Waals surface area contributed by atoms with Crippen molar-refractivity contribution in [2.75, 3.05) is 11.9 Å². The molecule has 0 bridgehead atoms. The van der Waals surface area contributed by atoms with E-state index in [0.717, 1.165) is 18.2 Å². The Morgan fingerprint density at radius 3 is 2.74 bits per heavy atom. The normalized spacial score (nSPS) is 9.96. The Bertz CT molecular complexity index is 751. The molecule has 1 aromatic carbocycles. The highest BCUT2D eigenvalue weighted by Gasteiger charge is 2.15. The summed E-state index contributed by atoms with van der Waals surface area (Å²) in [6, 6.07) is 7.27. The number of hydrogen-bond donors (Lipinski definition) is 1. The van der Waals surface area contributed by atoms with Crippen LogP contribution in [0.5, 0.6) is 0 Å². The van der Waals surface area contributed by atoms with Crippen LogP contribution in [-0.4, -0.2) is 28.4 Å². The number of amides is 1. The molecule has 0 unspecified atom stereocenters. The minimum Gasteiger partial charge on any atom is -0.451 e. The molecule has 0 saturated carbocycles. The standard InChI is InChI=1S/C14H10FN3O5/c15-10-5-4-9(18(21)22)7-12(10)17-13(19)8-23-14(20)11-3-1-2-6-16-11/h1-7H,8H2,(H,17,19). The van der Waals surface area contributed by atoms with Crippen molar-refractivity contribution >= 4 is 23.3 Å². The molecular weight excluding hydrogens is 309 g/mol. The quantitative estimate of drug-likeness (QED) is 0.512. The lowest BCUT2D eigenvalue weighted by molar-refractivity contribution is -0.384. The molecule has 0 aliphatic rings. The molecule has 0 fully saturated rings. The molecule has 1 amide bonds. The zero-order valence-corrected chi connectivity index (χ0v) is 11.6. The Labute approximate surface area is 129 Å². The van der Waals surface area contributed by atoms with Crippen LogP contribution >= 0.6 is 0 Å². The van der Waals surface area contributed by atoms with E-state index in [1.54, 1.807) is 12.1 Å². The molecule has 0 atom stereocenters. The van der Waals surface area contributed by atoms with Gasteiger partial charge in [-0.05, 0) is 18.2 Å². The molecule has 0 spiro atoms. The van der Waals surface area contributed by atoms with Crippen LogP contribution in [0.15, 0.2) is 42.6 Å². The van der Waals surface area contributed by atoms with Gasteiger partial charge in [0.25, 0.3) is 11.6 Å². The monoisotopic (exact) mass is 319 g/mol. The van der Waals surface area contributed by atoms with E-state index < -0.39 is 29.2 Å². The zero-order valence-electron chi connectivity index (χ0n) is 11.6. The fourth-order valence-electron chi connectivity index (χ4n) is 1.60. The van der Waals surface area contributed by atoms with E-state index >= 15 is 0 Å². The van der Waals surface area contributed by atoms with E-state index in [-0.39, 0.29) is 17.1 Å². The third kappa shape index (κ3) is 4.30. The number of anilines is 1. The number of carbonyl (C=O) groups excluding carboxylic acids is 2. The molecule has 1 heterocycles. The van der Waals surface area contributed by atoms with Gasteiger partial charge in [-0.2, -0.15) is 0 Å². The molecular formula is C14H10FN3O5. The fourth-order valence-corrected chi connectivity index (χ4v) is 1.60. The van der Waals surface area contributed by atoms with Gasteiger partial charge in [0.05, 0.1) is 10.6 Å². The highest BCUT2D eigenvalue weighted by molar-refractivity contribution is 5.95. The van der Waals surface area contributed by atoms with Crippen LogP contribution in [0.2, 0.25) is 0 Å². The maximum atomic E-state index is 13.5. The minimum absolute atomic E-state index is 0.0156. The third-order valence-corrected chi connectivity index (χ3v) is 2.64. The lowest BCUT2D eigenvalue weighted by Gasteiger charge is -2.07. The summed E-state index contributed by atoms with van der Waals surface area (Å²) in [5, 5.41) is 12.7. The van der Waals surface area contributed by atoms with E-state index in [1.165, 1.54) is 12.3 Å². The maximum absolute atomic E-state index is 13.5. The summed E-state index contributed by atoms with van der Waals surface area (Å²) in [6.45, 7) is -0.683. The van der Waals surface area contributed by atoms with Gasteiger partial charge in [0.2, 0.25) is 0 Å². The van der Waals surface area contributed by atoms with Gasteiger partial charge in [0, 0.05) is 18.3 Å². The van der Waals surface area contributed by atoms with E-state index in [1.807, 2.05) is 0 Å². The number of benzene rings is 1. The highest BCUT2D eigenvalue weighted by atomic mass is 19.1. The lowest BCUT2D eigenvalue weighted by atomic mass is 10.2. The van der Waals surface area contributed by atoms with Crippen LogP contribution in [0.3, 0.4) is 0 Å². The van der Waals surface area contributed by atoms with Crippen LogP contribution in [0.4, 0.5) is 15.8 Å². The topological polar surface area (TPSA) is 111 Å². The molecule has 118 valence electrons. The van der Waals surface area contributed by atoms with Crippen molar-refractivity contribution < 1.29 is 23.6 Å². The Hall–Kier alpha value is -3.36. The summed E-state index contributed by atoms with van der Waals surface area (Å²) in [6.07, 6.45) is 1.38. The second kappa shape index (κ2) is 7.07. The predicted octanol–water partition coefficient (Wildman–Crippen LogP) is 1.92. The summed E-state index contributed by atoms with van der Waals surface area (Å²) < 4.78 is 18.2. The first-order chi connectivity index (χ1) is 11.0. The van der Waals surface area contributed by atoms with Gasteiger partial charge >= 0.3 is 5.97 Å². The van der Waals surface area contributed by atoms with E-state index in [9.17, 15) is 24.1 Å². The summed E-state index contributed by atoms with van der Waals surface area (Å²) >= 11 is 0. The van der Waals surface area contributed by atoms with Crippen molar-refractivity contribution in [2.45, 2.75) is 0 Å². The maximum Gasteiger partial charge on any atom is 0.357 e. The molecule has 2 aromatic rings. The first kappa shape index (κ1) is 16.0. The highest BCUT2D eigenvalue weighted by Crippen LogP contribution is 2.21. The van der Waals surface area contributed by atoms with E-state index in [4.69, 9.17) is 4.74 Å². The first-order valence-electron chi connectivity index (χ1n) is 6.29. The third-order valence-electron chi connectivity index (χ3n) is 2.64. The predicted molar refractivity (Wildman–Crippen MR) is 76.2 cm³/mol. The summed E-state index contributed by atoms with van der Waals surface area (Å²) in [5.41, 5.74) is -0.743.